The lowest BCUT2D eigenvalue weighted by molar-refractivity contribution is -0.123. The van der Waals surface area contributed by atoms with Crippen LogP contribution < -0.4 is 5.32 Å². The fourth-order valence-electron chi connectivity index (χ4n) is 3.36. The normalized spacial score (nSPS) is 12.2. The predicted octanol–water partition coefficient (Wildman–Crippen LogP) is 3.82. The summed E-state index contributed by atoms with van der Waals surface area (Å²) in [6.07, 6.45) is 0. The number of rotatable bonds is 4. The summed E-state index contributed by atoms with van der Waals surface area (Å²) in [5, 5.41) is 22.5. The second-order valence-electron chi connectivity index (χ2n) is 6.39. The molecule has 1 atom stereocenters. The number of aromatic nitrogens is 1. The molecule has 3 aromatic rings. The van der Waals surface area contributed by atoms with Crippen LogP contribution in [-0.2, 0) is 4.79 Å². The maximum Gasteiger partial charge on any atom is 0.262 e. The highest BCUT2D eigenvalue weighted by molar-refractivity contribution is 6.42. The number of phenolic OH excluding ortho intramolecular Hbond substituents is 1. The number of aliphatic hydroxyl groups is 1. The molecule has 1 unspecified atom stereocenters. The second kappa shape index (κ2) is 7.83. The van der Waals surface area contributed by atoms with E-state index >= 15 is 0 Å². The Bertz CT molecular complexity index is 1090. The van der Waals surface area contributed by atoms with Gasteiger partial charge in [0.05, 0.1) is 21.5 Å². The van der Waals surface area contributed by atoms with Gasteiger partial charge in [0.1, 0.15) is 12.5 Å². The molecule has 1 heterocycles. The first kappa shape index (κ1) is 20.2. The number of benzene rings is 2. The van der Waals surface area contributed by atoms with Gasteiger partial charge in [0, 0.05) is 16.6 Å². The van der Waals surface area contributed by atoms with E-state index in [9.17, 15) is 14.7 Å². The average Bonchev–Trinajstić information content (AvgIpc) is 2.94. The third-order valence-corrected chi connectivity index (χ3v) is 5.42. The number of fused-ring (bicyclic) bond motifs is 1. The van der Waals surface area contributed by atoms with Crippen LogP contribution >= 0.6 is 23.2 Å². The number of hydrogen-bond acceptors (Lipinski definition) is 4. The van der Waals surface area contributed by atoms with E-state index in [0.29, 0.717) is 32.7 Å². The topological polar surface area (TPSA) is 91.6 Å². The summed E-state index contributed by atoms with van der Waals surface area (Å²) < 4.78 is 1.48. The van der Waals surface area contributed by atoms with Gasteiger partial charge in [-0.3, -0.25) is 14.2 Å². The van der Waals surface area contributed by atoms with Gasteiger partial charge in [-0.15, -0.1) is 0 Å². The van der Waals surface area contributed by atoms with Crippen molar-refractivity contribution in [3.8, 4) is 5.75 Å². The molecule has 0 aliphatic heterocycles. The van der Waals surface area contributed by atoms with Crippen LogP contribution in [0.1, 0.15) is 34.5 Å². The molecule has 0 saturated carbocycles. The van der Waals surface area contributed by atoms with E-state index in [1.54, 1.807) is 32.0 Å². The minimum atomic E-state index is -0.653. The van der Waals surface area contributed by atoms with Crippen LogP contribution in [0.2, 0.25) is 10.0 Å². The number of carbonyl (C=O) groups is 2. The number of aromatic hydroxyl groups is 1. The van der Waals surface area contributed by atoms with Crippen LogP contribution in [0.3, 0.4) is 0 Å². The van der Waals surface area contributed by atoms with Crippen molar-refractivity contribution in [3.63, 3.8) is 0 Å². The van der Waals surface area contributed by atoms with E-state index in [-0.39, 0.29) is 16.7 Å². The zero-order valence-corrected chi connectivity index (χ0v) is 16.7. The van der Waals surface area contributed by atoms with E-state index < -0.39 is 18.6 Å². The number of phenols is 1. The number of aliphatic hydroxyl groups excluding tert-OH is 1. The van der Waals surface area contributed by atoms with Gasteiger partial charge in [-0.2, -0.15) is 0 Å². The summed E-state index contributed by atoms with van der Waals surface area (Å²) in [5.41, 5.74) is 2.02. The van der Waals surface area contributed by atoms with E-state index in [1.165, 1.54) is 22.8 Å². The minimum absolute atomic E-state index is 0.0163. The minimum Gasteiger partial charge on any atom is -0.508 e. The number of hydrogen-bond donors (Lipinski definition) is 3. The molecule has 28 heavy (non-hydrogen) atoms. The van der Waals surface area contributed by atoms with Crippen molar-refractivity contribution in [3.05, 3.63) is 63.3 Å². The lowest BCUT2D eigenvalue weighted by Gasteiger charge is -2.13. The van der Waals surface area contributed by atoms with Crippen molar-refractivity contribution in [2.75, 3.05) is 6.73 Å². The highest BCUT2D eigenvalue weighted by atomic mass is 35.5. The molecule has 0 aliphatic rings. The molecule has 8 heteroatoms. The van der Waals surface area contributed by atoms with Gasteiger partial charge in [0.15, 0.2) is 0 Å². The number of carbonyl (C=O) groups excluding carboxylic acids is 2. The summed E-state index contributed by atoms with van der Waals surface area (Å²) in [4.78, 5) is 25.5. The number of halogens is 2. The Labute approximate surface area is 171 Å². The van der Waals surface area contributed by atoms with Crippen molar-refractivity contribution in [1.82, 2.24) is 9.88 Å². The third-order valence-electron chi connectivity index (χ3n) is 4.69. The van der Waals surface area contributed by atoms with Gasteiger partial charge in [0.25, 0.3) is 5.91 Å². The van der Waals surface area contributed by atoms with Gasteiger partial charge in [-0.05, 0) is 55.8 Å². The lowest BCUT2D eigenvalue weighted by atomic mass is 9.97. The summed E-state index contributed by atoms with van der Waals surface area (Å²) in [5.74, 6) is -1.37. The van der Waals surface area contributed by atoms with E-state index in [2.05, 4.69) is 5.32 Å². The molecular weight excluding hydrogens is 403 g/mol. The molecule has 0 radical (unpaired) electrons. The van der Waals surface area contributed by atoms with Crippen LogP contribution in [0.25, 0.3) is 10.9 Å². The highest BCUT2D eigenvalue weighted by Gasteiger charge is 2.26. The van der Waals surface area contributed by atoms with Crippen LogP contribution in [-0.4, -0.2) is 33.3 Å². The van der Waals surface area contributed by atoms with Crippen LogP contribution in [0.5, 0.6) is 5.75 Å². The van der Waals surface area contributed by atoms with Crippen molar-refractivity contribution in [2.24, 2.45) is 0 Å². The lowest BCUT2D eigenvalue weighted by Crippen LogP contribution is -2.29. The second-order valence-corrected chi connectivity index (χ2v) is 7.21. The molecule has 0 saturated heterocycles. The third kappa shape index (κ3) is 3.46. The molecule has 0 fully saturated rings. The maximum absolute atomic E-state index is 13.2. The van der Waals surface area contributed by atoms with Gasteiger partial charge in [0.2, 0.25) is 5.91 Å². The Morgan fingerprint density at radius 3 is 2.50 bits per heavy atom. The van der Waals surface area contributed by atoms with Crippen LogP contribution in [0.4, 0.5) is 0 Å². The summed E-state index contributed by atoms with van der Waals surface area (Å²) in [6, 6.07) is 9.21. The number of amides is 1. The smallest absolute Gasteiger partial charge is 0.262 e. The standard InChI is InChI=1S/C20H18Cl2N2O4/c1-10(19(27)23-9-25)18-11(2)24(17-6-4-13(26)8-14(17)18)20(28)12-3-5-15(21)16(22)7-12/h3-8,10,25-26H,9H2,1-2H3,(H,23,27). The molecule has 3 rings (SSSR count). The molecule has 3 N–H and O–H groups in total. The molecule has 1 amide bonds. The Morgan fingerprint density at radius 2 is 1.86 bits per heavy atom. The zero-order valence-electron chi connectivity index (χ0n) is 15.2. The largest absolute Gasteiger partial charge is 0.508 e. The Hall–Kier alpha value is -2.54. The van der Waals surface area contributed by atoms with Crippen molar-refractivity contribution < 1.29 is 19.8 Å². The highest BCUT2D eigenvalue weighted by Crippen LogP contribution is 2.35. The fraction of sp³-hybridized carbons (Fsp3) is 0.200. The first-order valence-electron chi connectivity index (χ1n) is 8.48. The van der Waals surface area contributed by atoms with Crippen LogP contribution in [0.15, 0.2) is 36.4 Å². The van der Waals surface area contributed by atoms with E-state index in [1.807, 2.05) is 0 Å². The van der Waals surface area contributed by atoms with Crippen molar-refractivity contribution in [2.45, 2.75) is 19.8 Å². The van der Waals surface area contributed by atoms with E-state index in [4.69, 9.17) is 28.3 Å². The maximum atomic E-state index is 13.2. The Balaban J connectivity index is 2.23. The van der Waals surface area contributed by atoms with Crippen molar-refractivity contribution >= 4 is 45.9 Å². The first-order valence-corrected chi connectivity index (χ1v) is 9.24. The summed E-state index contributed by atoms with van der Waals surface area (Å²) >= 11 is 12.0. The van der Waals surface area contributed by atoms with Gasteiger partial charge < -0.3 is 15.5 Å². The average molecular weight is 421 g/mol. The molecule has 146 valence electrons. The molecule has 0 bridgehead atoms. The van der Waals surface area contributed by atoms with Gasteiger partial charge in [-0.25, -0.2) is 0 Å². The molecule has 1 aromatic heterocycles. The van der Waals surface area contributed by atoms with Gasteiger partial charge in [-0.1, -0.05) is 23.2 Å². The number of nitrogens with zero attached hydrogens (tertiary/aromatic N) is 1. The van der Waals surface area contributed by atoms with Gasteiger partial charge >= 0.3 is 0 Å². The summed E-state index contributed by atoms with van der Waals surface area (Å²) in [7, 11) is 0. The first-order chi connectivity index (χ1) is 13.3. The molecule has 6 nitrogen and oxygen atoms in total. The van der Waals surface area contributed by atoms with E-state index in [0.717, 1.165) is 0 Å². The molecule has 2 aromatic carbocycles. The fourth-order valence-corrected chi connectivity index (χ4v) is 3.66. The predicted molar refractivity (Wildman–Crippen MR) is 108 cm³/mol. The molecule has 0 aliphatic carbocycles. The summed E-state index contributed by atoms with van der Waals surface area (Å²) in [6.45, 7) is 2.91. The van der Waals surface area contributed by atoms with Crippen molar-refractivity contribution in [1.29, 1.82) is 0 Å². The Morgan fingerprint density at radius 1 is 1.14 bits per heavy atom. The Kier molecular flexibility index (Phi) is 5.65. The molecular formula is C20H18Cl2N2O4. The quantitative estimate of drug-likeness (QED) is 0.559. The molecule has 0 spiro atoms. The monoisotopic (exact) mass is 420 g/mol. The van der Waals surface area contributed by atoms with Crippen LogP contribution in [0, 0.1) is 6.92 Å². The SMILES string of the molecule is Cc1c(C(C)C(=O)NCO)c2cc(O)ccc2n1C(=O)c1ccc(Cl)c(Cl)c1. The number of nitrogens with one attached hydrogen (secondary N) is 1. The zero-order chi connectivity index (χ0) is 20.6.